The first kappa shape index (κ1) is 23.9. The quantitative estimate of drug-likeness (QED) is 0.399. The Kier molecular flexibility index (Phi) is 6.95. The summed E-state index contributed by atoms with van der Waals surface area (Å²) < 4.78 is 1.81. The lowest BCUT2D eigenvalue weighted by Crippen LogP contribution is -2.51. The van der Waals surface area contributed by atoms with E-state index in [9.17, 15) is 9.59 Å². The molecule has 2 heterocycles. The van der Waals surface area contributed by atoms with E-state index in [0.29, 0.717) is 38.5 Å². The summed E-state index contributed by atoms with van der Waals surface area (Å²) in [7, 11) is 0. The van der Waals surface area contributed by atoms with Crippen LogP contribution in [0.4, 0.5) is 16.3 Å². The van der Waals surface area contributed by atoms with Gasteiger partial charge in [0.05, 0.1) is 17.6 Å². The van der Waals surface area contributed by atoms with Gasteiger partial charge in [-0.05, 0) is 49.1 Å². The van der Waals surface area contributed by atoms with Crippen LogP contribution in [-0.2, 0) is 6.54 Å². The van der Waals surface area contributed by atoms with Crippen LogP contribution in [0, 0.1) is 6.92 Å². The second-order valence-electron chi connectivity index (χ2n) is 8.94. The van der Waals surface area contributed by atoms with Crippen molar-refractivity contribution in [2.24, 2.45) is 0 Å². The zero-order valence-corrected chi connectivity index (χ0v) is 21.3. The van der Waals surface area contributed by atoms with E-state index in [2.05, 4.69) is 36.5 Å². The number of rotatable bonds is 5. The zero-order chi connectivity index (χ0) is 25.1. The molecule has 0 bridgehead atoms. The molecule has 1 saturated heterocycles. The largest absolute Gasteiger partial charge is 0.348 e. The minimum Gasteiger partial charge on any atom is -0.348 e. The van der Waals surface area contributed by atoms with E-state index in [-0.39, 0.29) is 11.6 Å². The van der Waals surface area contributed by atoms with Gasteiger partial charge in [0.25, 0.3) is 5.56 Å². The monoisotopic (exact) mass is 499 g/mol. The molecular formula is C28H29N5O2S. The van der Waals surface area contributed by atoms with Crippen LogP contribution in [0.3, 0.4) is 0 Å². The maximum Gasteiger partial charge on any atom is 0.321 e. The third kappa shape index (κ3) is 5.09. The van der Waals surface area contributed by atoms with E-state index in [1.54, 1.807) is 21.2 Å². The molecule has 0 radical (unpaired) electrons. The molecule has 7 nitrogen and oxygen atoms in total. The summed E-state index contributed by atoms with van der Waals surface area (Å²) in [6.07, 6.45) is 2.01. The highest BCUT2D eigenvalue weighted by Crippen LogP contribution is 2.21. The fourth-order valence-electron chi connectivity index (χ4n) is 4.44. The number of aromatic nitrogens is 2. The first-order chi connectivity index (χ1) is 17.5. The van der Waals surface area contributed by atoms with Crippen LogP contribution >= 0.6 is 11.8 Å². The van der Waals surface area contributed by atoms with E-state index in [1.165, 1.54) is 5.56 Å². The van der Waals surface area contributed by atoms with Crippen molar-refractivity contribution in [1.82, 2.24) is 14.5 Å². The van der Waals surface area contributed by atoms with E-state index >= 15 is 0 Å². The first-order valence-corrected chi connectivity index (χ1v) is 13.2. The highest BCUT2D eigenvalue weighted by molar-refractivity contribution is 7.98. The lowest BCUT2D eigenvalue weighted by Gasteiger charge is -2.35. The Labute approximate surface area is 214 Å². The molecule has 8 heteroatoms. The second-order valence-corrected chi connectivity index (χ2v) is 9.82. The van der Waals surface area contributed by atoms with Gasteiger partial charge < -0.3 is 15.1 Å². The maximum atomic E-state index is 13.6. The van der Waals surface area contributed by atoms with Gasteiger partial charge in [0, 0.05) is 36.8 Å². The Morgan fingerprint density at radius 3 is 2.47 bits per heavy atom. The highest BCUT2D eigenvalue weighted by Gasteiger charge is 2.25. The predicted molar refractivity (Wildman–Crippen MR) is 147 cm³/mol. The van der Waals surface area contributed by atoms with E-state index in [0.717, 1.165) is 27.2 Å². The summed E-state index contributed by atoms with van der Waals surface area (Å²) in [5, 5.41) is 2.99. The number of aryl methyl sites for hydroxylation is 1. The number of benzene rings is 3. The van der Waals surface area contributed by atoms with Crippen LogP contribution in [0.15, 0.2) is 82.5 Å². The van der Waals surface area contributed by atoms with Crippen molar-refractivity contribution in [2.75, 3.05) is 42.7 Å². The van der Waals surface area contributed by atoms with Gasteiger partial charge in [0.15, 0.2) is 5.82 Å². The van der Waals surface area contributed by atoms with Crippen LogP contribution in [0.25, 0.3) is 11.0 Å². The molecule has 0 aliphatic carbocycles. The normalized spacial score (nSPS) is 13.7. The summed E-state index contributed by atoms with van der Waals surface area (Å²) in [4.78, 5) is 36.1. The van der Waals surface area contributed by atoms with Gasteiger partial charge >= 0.3 is 6.03 Å². The molecule has 0 atom stereocenters. The number of amides is 2. The Morgan fingerprint density at radius 1 is 0.972 bits per heavy atom. The molecule has 1 aromatic heterocycles. The molecule has 1 aliphatic rings. The number of nitrogens with zero attached hydrogens (tertiary/aromatic N) is 4. The molecule has 184 valence electrons. The van der Waals surface area contributed by atoms with Gasteiger partial charge in [-0.2, -0.15) is 0 Å². The van der Waals surface area contributed by atoms with Crippen molar-refractivity contribution in [2.45, 2.75) is 18.4 Å². The van der Waals surface area contributed by atoms with Gasteiger partial charge in [-0.25, -0.2) is 9.78 Å². The van der Waals surface area contributed by atoms with Crippen molar-refractivity contribution in [3.63, 3.8) is 0 Å². The zero-order valence-electron chi connectivity index (χ0n) is 20.5. The summed E-state index contributed by atoms with van der Waals surface area (Å²) in [5.41, 5.74) is 4.53. The molecule has 0 saturated carbocycles. The van der Waals surface area contributed by atoms with Gasteiger partial charge in [0.1, 0.15) is 0 Å². The van der Waals surface area contributed by atoms with Crippen molar-refractivity contribution in [1.29, 1.82) is 0 Å². The SMILES string of the molecule is CSc1cccc(NC(=O)N2CCN(c3nc4ccccc4n(Cc4ccc(C)cc4)c3=O)CC2)c1. The molecule has 5 rings (SSSR count). The molecule has 1 aliphatic heterocycles. The molecule has 0 spiro atoms. The van der Waals surface area contributed by atoms with E-state index in [4.69, 9.17) is 4.98 Å². The molecule has 1 N–H and O–H groups in total. The number of hydrogen-bond acceptors (Lipinski definition) is 5. The predicted octanol–water partition coefficient (Wildman–Crippen LogP) is 4.83. The lowest BCUT2D eigenvalue weighted by molar-refractivity contribution is 0.208. The fourth-order valence-corrected chi connectivity index (χ4v) is 4.90. The number of hydrogen-bond donors (Lipinski definition) is 1. The van der Waals surface area contributed by atoms with Crippen molar-refractivity contribution in [3.8, 4) is 0 Å². The van der Waals surface area contributed by atoms with Gasteiger partial charge in [0.2, 0.25) is 0 Å². The van der Waals surface area contributed by atoms with E-state index < -0.39 is 0 Å². The first-order valence-electron chi connectivity index (χ1n) is 12.0. The summed E-state index contributed by atoms with van der Waals surface area (Å²) in [5.74, 6) is 0.438. The van der Waals surface area contributed by atoms with Gasteiger partial charge in [-0.3, -0.25) is 9.36 Å². The molecule has 3 aromatic carbocycles. The third-order valence-corrected chi connectivity index (χ3v) is 7.21. The number of thioether (sulfide) groups is 1. The minimum atomic E-state index is -0.129. The number of anilines is 2. The number of para-hydroxylation sites is 2. The summed E-state index contributed by atoms with van der Waals surface area (Å²) >= 11 is 1.64. The molecule has 4 aromatic rings. The van der Waals surface area contributed by atoms with Crippen LogP contribution in [-0.4, -0.2) is 52.9 Å². The second kappa shape index (κ2) is 10.5. The Hall–Kier alpha value is -3.78. The van der Waals surface area contributed by atoms with Crippen LogP contribution < -0.4 is 15.8 Å². The Morgan fingerprint density at radius 2 is 1.72 bits per heavy atom. The number of urea groups is 1. The maximum absolute atomic E-state index is 13.6. The standard InChI is InChI=1S/C28H29N5O2S/c1-20-10-12-21(13-11-20)19-33-25-9-4-3-8-24(25)30-26(27(33)34)31-14-16-32(17-15-31)28(35)29-22-6-5-7-23(18-22)36-2/h3-13,18H,14-17,19H2,1-2H3,(H,29,35). The minimum absolute atomic E-state index is 0.110. The molecule has 2 amide bonds. The lowest BCUT2D eigenvalue weighted by atomic mass is 10.1. The molecule has 1 fully saturated rings. The topological polar surface area (TPSA) is 70.5 Å². The fraction of sp³-hybridized carbons (Fsp3) is 0.250. The number of carbonyl (C=O) groups is 1. The average molecular weight is 500 g/mol. The molecule has 0 unspecified atom stereocenters. The van der Waals surface area contributed by atoms with Gasteiger partial charge in [-0.1, -0.05) is 48.0 Å². The van der Waals surface area contributed by atoms with Crippen molar-refractivity contribution in [3.05, 3.63) is 94.3 Å². The summed E-state index contributed by atoms with van der Waals surface area (Å²) in [6, 6.07) is 23.7. The Balaban J connectivity index is 1.35. The van der Waals surface area contributed by atoms with Crippen LogP contribution in [0.5, 0.6) is 0 Å². The van der Waals surface area contributed by atoms with Crippen LogP contribution in [0.1, 0.15) is 11.1 Å². The number of piperazine rings is 1. The number of fused-ring (bicyclic) bond motifs is 1. The molecular weight excluding hydrogens is 470 g/mol. The highest BCUT2D eigenvalue weighted by atomic mass is 32.2. The van der Waals surface area contributed by atoms with Gasteiger partial charge in [-0.15, -0.1) is 11.8 Å². The van der Waals surface area contributed by atoms with Crippen molar-refractivity contribution < 1.29 is 4.79 Å². The molecule has 36 heavy (non-hydrogen) atoms. The third-order valence-electron chi connectivity index (χ3n) is 6.48. The number of carbonyl (C=O) groups excluding carboxylic acids is 1. The number of nitrogens with one attached hydrogen (secondary N) is 1. The average Bonchev–Trinajstić information content (AvgIpc) is 2.91. The Bertz CT molecular complexity index is 1440. The van der Waals surface area contributed by atoms with E-state index in [1.807, 2.05) is 59.7 Å². The van der Waals surface area contributed by atoms with Crippen LogP contribution in [0.2, 0.25) is 0 Å². The smallest absolute Gasteiger partial charge is 0.321 e. The van der Waals surface area contributed by atoms with Crippen molar-refractivity contribution >= 4 is 40.3 Å². The summed E-state index contributed by atoms with van der Waals surface area (Å²) in [6.45, 7) is 4.65.